The lowest BCUT2D eigenvalue weighted by atomic mass is 10.1. The van der Waals surface area contributed by atoms with Crippen LogP contribution in [0.2, 0.25) is 0 Å². The summed E-state index contributed by atoms with van der Waals surface area (Å²) < 4.78 is 0. The van der Waals surface area contributed by atoms with Gasteiger partial charge in [0.05, 0.1) is 0 Å². The number of rotatable bonds is 2. The molecule has 1 aromatic rings. The Morgan fingerprint density at radius 1 is 1.31 bits per heavy atom. The average Bonchev–Trinajstić information content (AvgIpc) is 2.33. The van der Waals surface area contributed by atoms with Crippen molar-refractivity contribution in [2.45, 2.75) is 32.2 Å². The molecular weight excluding hydrogens is 200 g/mol. The van der Waals surface area contributed by atoms with Crippen LogP contribution in [-0.4, -0.2) is 23.5 Å². The molecule has 3 heteroatoms. The number of carbonyl (C=O) groups is 1. The summed E-state index contributed by atoms with van der Waals surface area (Å²) in [6.45, 7) is 3.12. The maximum atomic E-state index is 11.9. The maximum Gasteiger partial charge on any atom is 0.265 e. The molecule has 0 bridgehead atoms. The molecule has 0 aliphatic carbocycles. The normalized spacial score (nSPS) is 21.7. The lowest BCUT2D eigenvalue weighted by Gasteiger charge is -2.33. The van der Waals surface area contributed by atoms with Crippen LogP contribution in [0.1, 0.15) is 36.5 Å². The van der Waals surface area contributed by atoms with E-state index in [1.807, 2.05) is 30.3 Å². The van der Waals surface area contributed by atoms with Crippen LogP contribution in [0.15, 0.2) is 30.3 Å². The van der Waals surface area contributed by atoms with Gasteiger partial charge in [0.15, 0.2) is 0 Å². The molecule has 1 saturated heterocycles. The third-order valence-electron chi connectivity index (χ3n) is 3.08. The van der Waals surface area contributed by atoms with Crippen LogP contribution in [0.3, 0.4) is 0 Å². The molecular formula is C13H18N2O. The van der Waals surface area contributed by atoms with E-state index in [1.165, 1.54) is 12.8 Å². The van der Waals surface area contributed by atoms with Gasteiger partial charge in [0.1, 0.15) is 0 Å². The van der Waals surface area contributed by atoms with Crippen molar-refractivity contribution >= 4 is 5.91 Å². The third-order valence-corrected chi connectivity index (χ3v) is 3.08. The highest BCUT2D eigenvalue weighted by Crippen LogP contribution is 2.14. The first-order valence-corrected chi connectivity index (χ1v) is 5.90. The molecule has 1 atom stereocenters. The second kappa shape index (κ2) is 5.12. The van der Waals surface area contributed by atoms with Crippen LogP contribution >= 0.6 is 0 Å². The predicted molar refractivity (Wildman–Crippen MR) is 63.9 cm³/mol. The van der Waals surface area contributed by atoms with E-state index < -0.39 is 0 Å². The number of hydrazine groups is 1. The van der Waals surface area contributed by atoms with Gasteiger partial charge in [-0.3, -0.25) is 10.2 Å². The van der Waals surface area contributed by atoms with E-state index in [9.17, 15) is 4.79 Å². The number of hydrogen-bond donors (Lipinski definition) is 1. The van der Waals surface area contributed by atoms with E-state index in [0.717, 1.165) is 18.5 Å². The minimum Gasteiger partial charge on any atom is -0.285 e. The fourth-order valence-electron chi connectivity index (χ4n) is 2.05. The number of nitrogens with one attached hydrogen (secondary N) is 1. The van der Waals surface area contributed by atoms with Crippen molar-refractivity contribution in [3.8, 4) is 0 Å². The Morgan fingerprint density at radius 3 is 2.75 bits per heavy atom. The molecule has 1 aromatic carbocycles. The first-order chi connectivity index (χ1) is 7.77. The van der Waals surface area contributed by atoms with E-state index in [-0.39, 0.29) is 5.91 Å². The molecule has 0 aromatic heterocycles. The lowest BCUT2D eigenvalue weighted by Crippen LogP contribution is -2.49. The quantitative estimate of drug-likeness (QED) is 0.825. The van der Waals surface area contributed by atoms with Crippen LogP contribution in [0.4, 0.5) is 0 Å². The van der Waals surface area contributed by atoms with Crippen LogP contribution in [0.25, 0.3) is 0 Å². The van der Waals surface area contributed by atoms with Gasteiger partial charge in [-0.1, -0.05) is 24.6 Å². The third kappa shape index (κ3) is 2.61. The highest BCUT2D eigenvalue weighted by Gasteiger charge is 2.20. The van der Waals surface area contributed by atoms with Crippen molar-refractivity contribution < 1.29 is 4.79 Å². The molecule has 1 heterocycles. The number of nitrogens with zero attached hydrogens (tertiary/aromatic N) is 1. The minimum absolute atomic E-state index is 0.00523. The van der Waals surface area contributed by atoms with Crippen molar-refractivity contribution in [3.63, 3.8) is 0 Å². The Morgan fingerprint density at radius 2 is 2.06 bits per heavy atom. The Hall–Kier alpha value is -1.35. The largest absolute Gasteiger partial charge is 0.285 e. The second-order valence-corrected chi connectivity index (χ2v) is 4.35. The Labute approximate surface area is 96.4 Å². The zero-order valence-corrected chi connectivity index (χ0v) is 9.65. The fourth-order valence-corrected chi connectivity index (χ4v) is 2.05. The SMILES string of the molecule is C[C@H]1CCCCN1NC(=O)c1ccccc1. The van der Waals surface area contributed by atoms with Crippen LogP contribution in [0, 0.1) is 0 Å². The van der Waals surface area contributed by atoms with Gasteiger partial charge in [0.25, 0.3) is 5.91 Å². The van der Waals surface area contributed by atoms with Crippen molar-refractivity contribution in [3.05, 3.63) is 35.9 Å². The lowest BCUT2D eigenvalue weighted by molar-refractivity contribution is 0.0612. The van der Waals surface area contributed by atoms with Gasteiger partial charge >= 0.3 is 0 Å². The van der Waals surface area contributed by atoms with Gasteiger partial charge in [-0.05, 0) is 31.9 Å². The summed E-state index contributed by atoms with van der Waals surface area (Å²) in [5.41, 5.74) is 3.70. The predicted octanol–water partition coefficient (Wildman–Crippen LogP) is 2.21. The summed E-state index contributed by atoms with van der Waals surface area (Å²) in [5, 5.41) is 2.05. The second-order valence-electron chi connectivity index (χ2n) is 4.35. The smallest absolute Gasteiger partial charge is 0.265 e. The van der Waals surface area contributed by atoms with Crippen molar-refractivity contribution in [2.75, 3.05) is 6.54 Å². The van der Waals surface area contributed by atoms with Gasteiger partial charge in [-0.15, -0.1) is 0 Å². The zero-order chi connectivity index (χ0) is 11.4. The van der Waals surface area contributed by atoms with E-state index in [0.29, 0.717) is 6.04 Å². The molecule has 0 spiro atoms. The minimum atomic E-state index is -0.00523. The van der Waals surface area contributed by atoms with Crippen molar-refractivity contribution in [2.24, 2.45) is 0 Å². The number of benzene rings is 1. The molecule has 2 rings (SSSR count). The molecule has 0 unspecified atom stereocenters. The molecule has 1 amide bonds. The molecule has 1 aliphatic rings. The van der Waals surface area contributed by atoms with Crippen LogP contribution < -0.4 is 5.43 Å². The Balaban J connectivity index is 1.96. The molecule has 1 N–H and O–H groups in total. The van der Waals surface area contributed by atoms with Gasteiger partial charge in [0, 0.05) is 18.2 Å². The highest BCUT2D eigenvalue weighted by molar-refractivity contribution is 5.93. The van der Waals surface area contributed by atoms with E-state index in [1.54, 1.807) is 0 Å². The summed E-state index contributed by atoms with van der Waals surface area (Å²) in [6.07, 6.45) is 3.59. The number of amides is 1. The molecule has 86 valence electrons. The summed E-state index contributed by atoms with van der Waals surface area (Å²) >= 11 is 0. The van der Waals surface area contributed by atoms with Gasteiger partial charge in [0.2, 0.25) is 0 Å². The monoisotopic (exact) mass is 218 g/mol. The Kier molecular flexibility index (Phi) is 3.57. The number of hydrogen-bond acceptors (Lipinski definition) is 2. The average molecular weight is 218 g/mol. The molecule has 0 saturated carbocycles. The van der Waals surface area contributed by atoms with E-state index in [4.69, 9.17) is 0 Å². The fraction of sp³-hybridized carbons (Fsp3) is 0.462. The molecule has 0 radical (unpaired) electrons. The summed E-state index contributed by atoms with van der Waals surface area (Å²) in [5.74, 6) is -0.00523. The molecule has 1 fully saturated rings. The summed E-state index contributed by atoms with van der Waals surface area (Å²) in [4.78, 5) is 11.9. The number of carbonyl (C=O) groups excluding carboxylic acids is 1. The summed E-state index contributed by atoms with van der Waals surface area (Å²) in [6, 6.07) is 9.80. The number of piperidine rings is 1. The topological polar surface area (TPSA) is 32.3 Å². The Bertz CT molecular complexity index is 350. The van der Waals surface area contributed by atoms with Gasteiger partial charge < -0.3 is 0 Å². The van der Waals surface area contributed by atoms with E-state index in [2.05, 4.69) is 17.4 Å². The van der Waals surface area contributed by atoms with Gasteiger partial charge in [-0.2, -0.15) is 0 Å². The zero-order valence-electron chi connectivity index (χ0n) is 9.65. The van der Waals surface area contributed by atoms with Crippen LogP contribution in [0.5, 0.6) is 0 Å². The first kappa shape index (κ1) is 11.1. The van der Waals surface area contributed by atoms with Gasteiger partial charge in [-0.25, -0.2) is 5.01 Å². The molecule has 3 nitrogen and oxygen atoms in total. The molecule has 16 heavy (non-hydrogen) atoms. The maximum absolute atomic E-state index is 11.9. The van der Waals surface area contributed by atoms with Crippen molar-refractivity contribution in [1.82, 2.24) is 10.4 Å². The highest BCUT2D eigenvalue weighted by atomic mass is 16.2. The summed E-state index contributed by atoms with van der Waals surface area (Å²) in [7, 11) is 0. The standard InChI is InChI=1S/C13H18N2O/c1-11-7-5-6-10-15(11)14-13(16)12-8-3-2-4-9-12/h2-4,8-9,11H,5-7,10H2,1H3,(H,14,16)/t11-/m0/s1. The van der Waals surface area contributed by atoms with Crippen molar-refractivity contribution in [1.29, 1.82) is 0 Å². The molecule has 1 aliphatic heterocycles. The first-order valence-electron chi connectivity index (χ1n) is 5.90. The van der Waals surface area contributed by atoms with E-state index >= 15 is 0 Å². The van der Waals surface area contributed by atoms with Crippen LogP contribution in [-0.2, 0) is 0 Å².